The number of nitrogens with zero attached hydrogens (tertiary/aromatic N) is 3. The molecule has 0 radical (unpaired) electrons. The summed E-state index contributed by atoms with van der Waals surface area (Å²) in [6, 6.07) is 11.7. The molecule has 1 saturated heterocycles. The molecule has 1 aromatic heterocycles. The number of aromatic carboxylic acids is 1. The van der Waals surface area contributed by atoms with Gasteiger partial charge in [-0.1, -0.05) is 12.1 Å². The van der Waals surface area contributed by atoms with Crippen LogP contribution in [0.4, 0.5) is 11.5 Å². The molecule has 0 atom stereocenters. The molecule has 0 amide bonds. The number of aromatic nitrogens is 1. The molecule has 1 aliphatic heterocycles. The molecule has 0 spiro atoms. The molecular formula is C17H19N3O2. The van der Waals surface area contributed by atoms with Crippen molar-refractivity contribution in [3.05, 3.63) is 53.7 Å². The van der Waals surface area contributed by atoms with Crippen LogP contribution in [0, 0.1) is 6.92 Å². The van der Waals surface area contributed by atoms with Gasteiger partial charge >= 0.3 is 5.97 Å². The predicted octanol–water partition coefficient (Wildman–Crippen LogP) is 2.41. The summed E-state index contributed by atoms with van der Waals surface area (Å²) in [6.07, 6.45) is 1.65. The van der Waals surface area contributed by atoms with Crippen molar-refractivity contribution in [2.45, 2.75) is 6.92 Å². The van der Waals surface area contributed by atoms with Gasteiger partial charge in [0.2, 0.25) is 0 Å². The van der Waals surface area contributed by atoms with Crippen LogP contribution in [0.5, 0.6) is 0 Å². The first-order chi connectivity index (χ1) is 10.6. The van der Waals surface area contributed by atoms with Crippen LogP contribution in [0.25, 0.3) is 0 Å². The van der Waals surface area contributed by atoms with E-state index >= 15 is 0 Å². The average molecular weight is 297 g/mol. The number of hydrogen-bond acceptors (Lipinski definition) is 4. The van der Waals surface area contributed by atoms with E-state index in [1.807, 2.05) is 0 Å². The molecule has 0 unspecified atom stereocenters. The van der Waals surface area contributed by atoms with Crippen molar-refractivity contribution in [3.8, 4) is 0 Å². The molecule has 2 heterocycles. The van der Waals surface area contributed by atoms with Crippen molar-refractivity contribution < 1.29 is 9.90 Å². The summed E-state index contributed by atoms with van der Waals surface area (Å²) in [4.78, 5) is 20.0. The summed E-state index contributed by atoms with van der Waals surface area (Å²) in [5.74, 6) is -0.358. The van der Waals surface area contributed by atoms with Crippen molar-refractivity contribution in [2.24, 2.45) is 0 Å². The van der Waals surface area contributed by atoms with E-state index in [0.29, 0.717) is 5.82 Å². The summed E-state index contributed by atoms with van der Waals surface area (Å²) >= 11 is 0. The van der Waals surface area contributed by atoms with Crippen LogP contribution in [-0.2, 0) is 0 Å². The lowest BCUT2D eigenvalue weighted by Gasteiger charge is -2.37. The maximum Gasteiger partial charge on any atom is 0.339 e. The number of piperazine rings is 1. The summed E-state index contributed by atoms with van der Waals surface area (Å²) in [5.41, 5.74) is 2.74. The number of aryl methyl sites for hydroxylation is 1. The fourth-order valence-electron chi connectivity index (χ4n) is 2.82. The van der Waals surface area contributed by atoms with E-state index in [1.165, 1.54) is 11.3 Å². The highest BCUT2D eigenvalue weighted by Gasteiger charge is 2.22. The van der Waals surface area contributed by atoms with Gasteiger partial charge in [0.05, 0.1) is 0 Å². The summed E-state index contributed by atoms with van der Waals surface area (Å²) in [5, 5.41) is 9.28. The van der Waals surface area contributed by atoms with Crippen LogP contribution >= 0.6 is 0 Å². The topological polar surface area (TPSA) is 56.7 Å². The monoisotopic (exact) mass is 297 g/mol. The van der Waals surface area contributed by atoms with Crippen LogP contribution < -0.4 is 9.80 Å². The lowest BCUT2D eigenvalue weighted by atomic mass is 10.1. The molecule has 1 N–H and O–H groups in total. The molecule has 0 saturated carbocycles. The second-order valence-corrected chi connectivity index (χ2v) is 5.49. The van der Waals surface area contributed by atoms with E-state index in [-0.39, 0.29) is 5.56 Å². The van der Waals surface area contributed by atoms with Gasteiger partial charge in [0, 0.05) is 38.1 Å². The van der Waals surface area contributed by atoms with Crippen molar-refractivity contribution in [2.75, 3.05) is 36.0 Å². The zero-order valence-electron chi connectivity index (χ0n) is 12.6. The Balaban J connectivity index is 1.73. The number of anilines is 2. The van der Waals surface area contributed by atoms with Gasteiger partial charge < -0.3 is 14.9 Å². The highest BCUT2D eigenvalue weighted by molar-refractivity contribution is 5.93. The third-order valence-electron chi connectivity index (χ3n) is 3.96. The molecule has 2 aromatic rings. The number of carbonyl (C=O) groups is 1. The number of pyridine rings is 1. The van der Waals surface area contributed by atoms with Gasteiger partial charge in [0.25, 0.3) is 0 Å². The molecule has 5 heteroatoms. The Bertz CT molecular complexity index is 679. The van der Waals surface area contributed by atoms with Crippen molar-refractivity contribution >= 4 is 17.5 Å². The molecular weight excluding hydrogens is 278 g/mol. The van der Waals surface area contributed by atoms with Crippen LogP contribution in [0.3, 0.4) is 0 Å². The fourth-order valence-corrected chi connectivity index (χ4v) is 2.82. The maximum absolute atomic E-state index is 11.3. The summed E-state index contributed by atoms with van der Waals surface area (Å²) in [6.45, 7) is 5.35. The predicted molar refractivity (Wildman–Crippen MR) is 86.8 cm³/mol. The third kappa shape index (κ3) is 2.88. The zero-order chi connectivity index (χ0) is 15.5. The Morgan fingerprint density at radius 3 is 2.50 bits per heavy atom. The second kappa shape index (κ2) is 6.05. The van der Waals surface area contributed by atoms with E-state index in [2.05, 4.69) is 46.0 Å². The van der Waals surface area contributed by atoms with Gasteiger partial charge in [-0.15, -0.1) is 0 Å². The van der Waals surface area contributed by atoms with Gasteiger partial charge in [-0.2, -0.15) is 0 Å². The number of carboxylic acid groups (broad SMARTS) is 1. The minimum Gasteiger partial charge on any atom is -0.478 e. The van der Waals surface area contributed by atoms with Gasteiger partial charge in [-0.05, 0) is 36.8 Å². The minimum absolute atomic E-state index is 0.270. The Kier molecular flexibility index (Phi) is 3.96. The molecule has 1 aliphatic rings. The van der Waals surface area contributed by atoms with Crippen LogP contribution in [-0.4, -0.2) is 42.2 Å². The van der Waals surface area contributed by atoms with Crippen molar-refractivity contribution in [1.29, 1.82) is 0 Å². The Hall–Kier alpha value is -2.56. The summed E-state index contributed by atoms with van der Waals surface area (Å²) < 4.78 is 0. The lowest BCUT2D eigenvalue weighted by molar-refractivity contribution is 0.0697. The standard InChI is InChI=1S/C17H19N3O2/c1-13-4-2-5-14(12-13)19-8-10-20(11-9-19)16-15(17(21)22)6-3-7-18-16/h2-7,12H,8-11H2,1H3,(H,21,22). The van der Waals surface area contributed by atoms with Gasteiger partial charge in [0.1, 0.15) is 11.4 Å². The normalized spacial score (nSPS) is 15.0. The number of carboxylic acids is 1. The van der Waals surface area contributed by atoms with Crippen LogP contribution in [0.15, 0.2) is 42.6 Å². The Labute approximate surface area is 129 Å². The fraction of sp³-hybridized carbons (Fsp3) is 0.294. The van der Waals surface area contributed by atoms with E-state index in [0.717, 1.165) is 26.2 Å². The zero-order valence-corrected chi connectivity index (χ0v) is 12.6. The molecule has 3 rings (SSSR count). The van der Waals surface area contributed by atoms with E-state index in [4.69, 9.17) is 0 Å². The van der Waals surface area contributed by atoms with Gasteiger partial charge in [0.15, 0.2) is 0 Å². The Morgan fingerprint density at radius 1 is 1.09 bits per heavy atom. The molecule has 1 aromatic carbocycles. The molecule has 0 bridgehead atoms. The molecule has 0 aliphatic carbocycles. The first kappa shape index (κ1) is 14.4. The largest absolute Gasteiger partial charge is 0.478 e. The van der Waals surface area contributed by atoms with E-state index in [9.17, 15) is 9.90 Å². The number of hydrogen-bond donors (Lipinski definition) is 1. The summed E-state index contributed by atoms with van der Waals surface area (Å²) in [7, 11) is 0. The van der Waals surface area contributed by atoms with E-state index < -0.39 is 5.97 Å². The molecule has 22 heavy (non-hydrogen) atoms. The van der Waals surface area contributed by atoms with E-state index in [1.54, 1.807) is 18.3 Å². The van der Waals surface area contributed by atoms with Crippen LogP contribution in [0.2, 0.25) is 0 Å². The van der Waals surface area contributed by atoms with Gasteiger partial charge in [-0.3, -0.25) is 0 Å². The highest BCUT2D eigenvalue weighted by atomic mass is 16.4. The van der Waals surface area contributed by atoms with Crippen molar-refractivity contribution in [1.82, 2.24) is 4.98 Å². The minimum atomic E-state index is -0.927. The maximum atomic E-state index is 11.3. The molecule has 114 valence electrons. The first-order valence-electron chi connectivity index (χ1n) is 7.40. The Morgan fingerprint density at radius 2 is 1.82 bits per heavy atom. The molecule has 1 fully saturated rings. The SMILES string of the molecule is Cc1cccc(N2CCN(c3ncccc3C(=O)O)CC2)c1. The first-order valence-corrected chi connectivity index (χ1v) is 7.40. The number of rotatable bonds is 3. The average Bonchev–Trinajstić information content (AvgIpc) is 2.55. The smallest absolute Gasteiger partial charge is 0.339 e. The lowest BCUT2D eigenvalue weighted by Crippen LogP contribution is -2.47. The third-order valence-corrected chi connectivity index (χ3v) is 3.96. The van der Waals surface area contributed by atoms with Crippen LogP contribution in [0.1, 0.15) is 15.9 Å². The quantitative estimate of drug-likeness (QED) is 0.943. The number of benzene rings is 1. The van der Waals surface area contributed by atoms with Gasteiger partial charge in [-0.25, -0.2) is 9.78 Å². The molecule has 5 nitrogen and oxygen atoms in total. The second-order valence-electron chi connectivity index (χ2n) is 5.49. The highest BCUT2D eigenvalue weighted by Crippen LogP contribution is 2.22. The van der Waals surface area contributed by atoms with Crippen molar-refractivity contribution in [3.63, 3.8) is 0 Å².